The van der Waals surface area contributed by atoms with Crippen molar-refractivity contribution < 1.29 is 17.6 Å². The van der Waals surface area contributed by atoms with E-state index >= 15 is 0 Å². The average Bonchev–Trinajstić information content (AvgIpc) is 2.84. The molecule has 9 heteroatoms. The molecule has 5 nitrogen and oxygen atoms in total. The second kappa shape index (κ2) is 4.98. The largest absolute Gasteiger partial charge is 0.380 e. The van der Waals surface area contributed by atoms with E-state index in [-0.39, 0.29) is 13.0 Å². The van der Waals surface area contributed by atoms with Crippen molar-refractivity contribution in [3.05, 3.63) is 35.7 Å². The van der Waals surface area contributed by atoms with Gasteiger partial charge in [0.2, 0.25) is 11.6 Å². The van der Waals surface area contributed by atoms with Crippen molar-refractivity contribution in [2.45, 2.75) is 6.42 Å². The van der Waals surface area contributed by atoms with Crippen LogP contribution in [0.3, 0.4) is 0 Å². The second-order valence-corrected chi connectivity index (χ2v) is 3.31. The van der Waals surface area contributed by atoms with Gasteiger partial charge in [0.25, 0.3) is 11.9 Å². The lowest BCUT2D eigenvalue weighted by atomic mass is 10.3. The molecule has 0 bridgehead atoms. The first-order valence-electron chi connectivity index (χ1n) is 4.87. The van der Waals surface area contributed by atoms with Gasteiger partial charge >= 0.3 is 0 Å². The predicted molar refractivity (Wildman–Crippen MR) is 52.6 cm³/mol. The van der Waals surface area contributed by atoms with Gasteiger partial charge in [-0.05, 0) is 0 Å². The summed E-state index contributed by atoms with van der Waals surface area (Å²) < 4.78 is 51.9. The summed E-state index contributed by atoms with van der Waals surface area (Å²) in [6, 6.07) is 0. The van der Waals surface area contributed by atoms with Crippen LogP contribution in [0.1, 0.15) is 5.82 Å². The summed E-state index contributed by atoms with van der Waals surface area (Å²) in [5, 5.41) is 8.34. The van der Waals surface area contributed by atoms with Crippen molar-refractivity contribution in [1.82, 2.24) is 20.2 Å². The molecule has 0 spiro atoms. The van der Waals surface area contributed by atoms with Crippen molar-refractivity contribution >= 4 is 5.69 Å². The summed E-state index contributed by atoms with van der Waals surface area (Å²) in [5.74, 6) is -6.05. The molecule has 0 saturated carbocycles. The molecule has 0 aliphatic carbocycles. The van der Waals surface area contributed by atoms with Crippen LogP contribution in [-0.2, 0) is 6.42 Å². The van der Waals surface area contributed by atoms with E-state index in [0.717, 1.165) is 0 Å². The molecule has 0 saturated heterocycles. The van der Waals surface area contributed by atoms with Gasteiger partial charge in [-0.15, -0.1) is 0 Å². The maximum atomic E-state index is 13.2. The van der Waals surface area contributed by atoms with Crippen LogP contribution in [0.2, 0.25) is 0 Å². The number of aromatic amines is 1. The topological polar surface area (TPSA) is 66.5 Å². The normalized spacial score (nSPS) is 10.7. The Morgan fingerprint density at radius 1 is 1.11 bits per heavy atom. The van der Waals surface area contributed by atoms with Gasteiger partial charge < -0.3 is 5.32 Å². The predicted octanol–water partition coefficient (Wildman–Crippen LogP) is 1.41. The molecule has 2 heterocycles. The molecule has 96 valence electrons. The highest BCUT2D eigenvalue weighted by Gasteiger charge is 2.20. The summed E-state index contributed by atoms with van der Waals surface area (Å²) in [4.78, 5) is 6.21. The number of anilines is 1. The van der Waals surface area contributed by atoms with Crippen LogP contribution in [0.4, 0.5) is 23.2 Å². The average molecular weight is 261 g/mol. The third-order valence-corrected chi connectivity index (χ3v) is 2.13. The zero-order valence-electron chi connectivity index (χ0n) is 8.85. The van der Waals surface area contributed by atoms with Gasteiger partial charge in [0.15, 0.2) is 0 Å². The highest BCUT2D eigenvalue weighted by molar-refractivity contribution is 5.45. The number of rotatable bonds is 4. The second-order valence-electron chi connectivity index (χ2n) is 3.31. The van der Waals surface area contributed by atoms with Gasteiger partial charge in [-0.1, -0.05) is 0 Å². The minimum absolute atomic E-state index is 0.0198. The van der Waals surface area contributed by atoms with Crippen LogP contribution in [0, 0.1) is 23.5 Å². The molecule has 2 N–H and O–H groups in total. The summed E-state index contributed by atoms with van der Waals surface area (Å²) >= 11 is 0. The number of nitrogens with zero attached hydrogens (tertiary/aromatic N) is 3. The molecule has 18 heavy (non-hydrogen) atoms. The molecule has 0 fully saturated rings. The number of hydrogen-bond acceptors (Lipinski definition) is 4. The van der Waals surface area contributed by atoms with E-state index in [4.69, 9.17) is 0 Å². The molecule has 0 amide bonds. The maximum absolute atomic E-state index is 13.2. The molecule has 0 aromatic carbocycles. The standard InChI is InChI=1S/C9H7F4N5/c10-5-7(6(11)9(13)17-8(5)12)14-2-1-4-15-3-16-18-4/h3H,1-2H2,(H,14,17)(H,15,16,18). The highest BCUT2D eigenvalue weighted by Crippen LogP contribution is 2.21. The molecular formula is C9H7F4N5. The van der Waals surface area contributed by atoms with Crippen molar-refractivity contribution in [3.63, 3.8) is 0 Å². The Morgan fingerprint density at radius 3 is 2.33 bits per heavy atom. The van der Waals surface area contributed by atoms with E-state index in [0.29, 0.717) is 5.82 Å². The van der Waals surface area contributed by atoms with E-state index in [1.807, 2.05) is 0 Å². The quantitative estimate of drug-likeness (QED) is 0.645. The monoisotopic (exact) mass is 261 g/mol. The fourth-order valence-electron chi connectivity index (χ4n) is 1.30. The fourth-order valence-corrected chi connectivity index (χ4v) is 1.30. The third kappa shape index (κ3) is 2.39. The Hall–Kier alpha value is -2.19. The molecule has 2 aromatic heterocycles. The van der Waals surface area contributed by atoms with Crippen LogP contribution in [-0.4, -0.2) is 26.7 Å². The number of aromatic nitrogens is 4. The smallest absolute Gasteiger partial charge is 0.253 e. The van der Waals surface area contributed by atoms with Crippen molar-refractivity contribution in [2.75, 3.05) is 11.9 Å². The highest BCUT2D eigenvalue weighted by atomic mass is 19.2. The molecule has 0 radical (unpaired) electrons. The first-order valence-corrected chi connectivity index (χ1v) is 4.87. The summed E-state index contributed by atoms with van der Waals surface area (Å²) in [6.07, 6.45) is 1.52. The lowest BCUT2D eigenvalue weighted by molar-refractivity contribution is 0.410. The Bertz CT molecular complexity index is 516. The number of nitrogens with one attached hydrogen (secondary N) is 2. The van der Waals surface area contributed by atoms with Crippen LogP contribution < -0.4 is 5.32 Å². The number of H-pyrrole nitrogens is 1. The van der Waals surface area contributed by atoms with Crippen molar-refractivity contribution in [1.29, 1.82) is 0 Å². The maximum Gasteiger partial charge on any atom is 0.253 e. The van der Waals surface area contributed by atoms with Crippen molar-refractivity contribution in [3.8, 4) is 0 Å². The number of pyridine rings is 1. The summed E-state index contributed by atoms with van der Waals surface area (Å²) in [7, 11) is 0. The van der Waals surface area contributed by atoms with Gasteiger partial charge in [-0.2, -0.15) is 27.6 Å². The van der Waals surface area contributed by atoms with Gasteiger partial charge in [-0.3, -0.25) is 5.10 Å². The van der Waals surface area contributed by atoms with Gasteiger partial charge in [0, 0.05) is 13.0 Å². The van der Waals surface area contributed by atoms with E-state index < -0.39 is 29.2 Å². The lowest BCUT2D eigenvalue weighted by Gasteiger charge is -2.08. The molecule has 0 aliphatic rings. The molecule has 2 aromatic rings. The minimum atomic E-state index is -1.70. The van der Waals surface area contributed by atoms with E-state index in [1.165, 1.54) is 6.33 Å². The third-order valence-electron chi connectivity index (χ3n) is 2.13. The summed E-state index contributed by atoms with van der Waals surface area (Å²) in [6.45, 7) is 0.0198. The van der Waals surface area contributed by atoms with Gasteiger partial charge in [-0.25, -0.2) is 4.98 Å². The first-order chi connectivity index (χ1) is 8.59. The summed E-state index contributed by atoms with van der Waals surface area (Å²) in [5.41, 5.74) is -0.889. The molecule has 0 aliphatic heterocycles. The molecule has 2 rings (SSSR count). The number of hydrogen-bond donors (Lipinski definition) is 2. The SMILES string of the molecule is Fc1nc(F)c(F)c(NCCc2ncn[nH]2)c1F. The Kier molecular flexibility index (Phi) is 3.40. The number of halogens is 4. The lowest BCUT2D eigenvalue weighted by Crippen LogP contribution is -2.12. The van der Waals surface area contributed by atoms with Crippen LogP contribution in [0.5, 0.6) is 0 Å². The van der Waals surface area contributed by atoms with Crippen molar-refractivity contribution in [2.24, 2.45) is 0 Å². The minimum Gasteiger partial charge on any atom is -0.380 e. The van der Waals surface area contributed by atoms with Gasteiger partial charge in [0.05, 0.1) is 0 Å². The van der Waals surface area contributed by atoms with Crippen LogP contribution in [0.25, 0.3) is 0 Å². The first kappa shape index (κ1) is 12.3. The van der Waals surface area contributed by atoms with E-state index in [2.05, 4.69) is 25.5 Å². The van der Waals surface area contributed by atoms with Gasteiger partial charge in [0.1, 0.15) is 17.8 Å². The zero-order valence-corrected chi connectivity index (χ0v) is 8.85. The van der Waals surface area contributed by atoms with Crippen LogP contribution >= 0.6 is 0 Å². The van der Waals surface area contributed by atoms with E-state index in [1.54, 1.807) is 0 Å². The Labute approximate surface area is 98.3 Å². The molecule has 0 unspecified atom stereocenters. The zero-order chi connectivity index (χ0) is 13.1. The molecular weight excluding hydrogens is 254 g/mol. The fraction of sp³-hybridized carbons (Fsp3) is 0.222. The Balaban J connectivity index is 2.09. The van der Waals surface area contributed by atoms with Crippen LogP contribution in [0.15, 0.2) is 6.33 Å². The Morgan fingerprint density at radius 2 is 1.78 bits per heavy atom. The molecule has 0 atom stereocenters. The van der Waals surface area contributed by atoms with E-state index in [9.17, 15) is 17.6 Å².